The van der Waals surface area contributed by atoms with Crippen molar-refractivity contribution in [2.24, 2.45) is 0 Å². The number of nitrogens with zero attached hydrogens (tertiary/aromatic N) is 1. The molecule has 1 aromatic rings. The lowest BCUT2D eigenvalue weighted by Gasteiger charge is -2.11. The van der Waals surface area contributed by atoms with Gasteiger partial charge >= 0.3 is 0 Å². The highest BCUT2D eigenvalue weighted by Crippen LogP contribution is 2.27. The Morgan fingerprint density at radius 2 is 2.25 bits per heavy atom. The fourth-order valence-corrected chi connectivity index (χ4v) is 1.35. The first-order chi connectivity index (χ1) is 7.41. The molecule has 0 aliphatic carbocycles. The summed E-state index contributed by atoms with van der Waals surface area (Å²) in [4.78, 5) is 20.8. The van der Waals surface area contributed by atoms with Crippen LogP contribution in [0.2, 0.25) is 0 Å². The fraction of sp³-hybridized carbons (Fsp3) is 0.300. The summed E-state index contributed by atoms with van der Waals surface area (Å²) in [5.41, 5.74) is 5.86. The van der Waals surface area contributed by atoms with Gasteiger partial charge in [-0.3, -0.25) is 14.9 Å². The van der Waals surface area contributed by atoms with Crippen molar-refractivity contribution in [1.82, 2.24) is 0 Å². The van der Waals surface area contributed by atoms with Crippen molar-refractivity contribution in [2.75, 3.05) is 5.73 Å². The molecule has 0 aliphatic heterocycles. The third kappa shape index (κ3) is 2.77. The second-order valence-electron chi connectivity index (χ2n) is 3.49. The van der Waals surface area contributed by atoms with E-state index >= 15 is 0 Å². The van der Waals surface area contributed by atoms with Crippen LogP contribution < -0.4 is 5.73 Å². The van der Waals surface area contributed by atoms with Gasteiger partial charge in [0.05, 0.1) is 11.0 Å². The van der Waals surface area contributed by atoms with E-state index in [1.165, 1.54) is 25.1 Å². The highest BCUT2D eigenvalue weighted by Gasteiger charge is 2.17. The summed E-state index contributed by atoms with van der Waals surface area (Å²) in [6, 6.07) is 3.78. The second kappa shape index (κ2) is 4.71. The molecule has 1 atom stereocenters. The molecule has 6 nitrogen and oxygen atoms in total. The standard InChI is InChI=1S/C10H12N2O4/c1-6(13)4-10(14)8-5-7(12(15)16)2-3-9(8)11/h2-3,5,10,14H,4,11H2,1H3. The predicted molar refractivity (Wildman–Crippen MR) is 57.8 cm³/mol. The molecule has 86 valence electrons. The van der Waals surface area contributed by atoms with Crippen molar-refractivity contribution in [3.05, 3.63) is 33.9 Å². The number of carbonyl (C=O) groups is 1. The first-order valence-corrected chi connectivity index (χ1v) is 4.63. The highest BCUT2D eigenvalue weighted by molar-refractivity contribution is 5.76. The van der Waals surface area contributed by atoms with Crippen LogP contribution >= 0.6 is 0 Å². The summed E-state index contributed by atoms with van der Waals surface area (Å²) >= 11 is 0. The van der Waals surface area contributed by atoms with E-state index in [9.17, 15) is 20.0 Å². The van der Waals surface area contributed by atoms with Crippen LogP contribution in [-0.2, 0) is 4.79 Å². The maximum atomic E-state index is 10.8. The molecule has 1 rings (SSSR count). The smallest absolute Gasteiger partial charge is 0.269 e. The van der Waals surface area contributed by atoms with Crippen molar-refractivity contribution < 1.29 is 14.8 Å². The minimum absolute atomic E-state index is 0.106. The molecule has 0 aliphatic rings. The van der Waals surface area contributed by atoms with Gasteiger partial charge in [-0.25, -0.2) is 0 Å². The van der Waals surface area contributed by atoms with Gasteiger partial charge in [-0.15, -0.1) is 0 Å². The Kier molecular flexibility index (Phi) is 3.57. The van der Waals surface area contributed by atoms with Crippen molar-refractivity contribution in [3.8, 4) is 0 Å². The molecule has 0 fully saturated rings. The number of nitrogen functional groups attached to an aromatic ring is 1. The minimum atomic E-state index is -1.10. The highest BCUT2D eigenvalue weighted by atomic mass is 16.6. The number of Topliss-reactive ketones (excluding diaryl/α,β-unsaturated/α-hetero) is 1. The number of benzene rings is 1. The third-order valence-corrected chi connectivity index (χ3v) is 2.12. The summed E-state index contributed by atoms with van der Waals surface area (Å²) in [6.45, 7) is 1.33. The zero-order valence-corrected chi connectivity index (χ0v) is 8.71. The zero-order valence-electron chi connectivity index (χ0n) is 8.71. The van der Waals surface area contributed by atoms with Gasteiger partial charge in [-0.2, -0.15) is 0 Å². The lowest BCUT2D eigenvalue weighted by molar-refractivity contribution is -0.385. The summed E-state index contributed by atoms with van der Waals surface area (Å²) in [6.07, 6.45) is -1.21. The Morgan fingerprint density at radius 3 is 2.75 bits per heavy atom. The van der Waals surface area contributed by atoms with Gasteiger partial charge in [0, 0.05) is 29.8 Å². The van der Waals surface area contributed by atoms with Crippen LogP contribution in [0.3, 0.4) is 0 Å². The molecular formula is C10H12N2O4. The van der Waals surface area contributed by atoms with Gasteiger partial charge in [-0.05, 0) is 13.0 Å². The Bertz CT molecular complexity index is 431. The molecule has 1 unspecified atom stereocenters. The quantitative estimate of drug-likeness (QED) is 0.454. The molecule has 6 heteroatoms. The van der Waals surface area contributed by atoms with E-state index in [1.54, 1.807) is 0 Å². The van der Waals surface area contributed by atoms with Gasteiger partial charge in [0.1, 0.15) is 5.78 Å². The van der Waals surface area contributed by atoms with Crippen LogP contribution in [0, 0.1) is 10.1 Å². The molecule has 0 saturated heterocycles. The number of nitro benzene ring substituents is 1. The number of ketones is 1. The Morgan fingerprint density at radius 1 is 1.62 bits per heavy atom. The van der Waals surface area contributed by atoms with Crippen LogP contribution in [0.25, 0.3) is 0 Å². The monoisotopic (exact) mass is 224 g/mol. The van der Waals surface area contributed by atoms with Crippen molar-refractivity contribution in [1.29, 1.82) is 0 Å². The van der Waals surface area contributed by atoms with Crippen molar-refractivity contribution >= 4 is 17.2 Å². The summed E-state index contributed by atoms with van der Waals surface area (Å²) in [5, 5.41) is 20.2. The van der Waals surface area contributed by atoms with Crippen LogP contribution in [-0.4, -0.2) is 15.8 Å². The Hall–Kier alpha value is -1.95. The topological polar surface area (TPSA) is 106 Å². The first kappa shape index (κ1) is 12.1. The molecule has 0 radical (unpaired) electrons. The fourth-order valence-electron chi connectivity index (χ4n) is 1.35. The molecule has 3 N–H and O–H groups in total. The largest absolute Gasteiger partial charge is 0.398 e. The Labute approximate surface area is 91.8 Å². The molecule has 0 bridgehead atoms. The van der Waals surface area contributed by atoms with E-state index in [-0.39, 0.29) is 29.1 Å². The lowest BCUT2D eigenvalue weighted by atomic mass is 10.0. The average Bonchev–Trinajstić information content (AvgIpc) is 2.16. The van der Waals surface area contributed by atoms with E-state index in [1.807, 2.05) is 0 Å². The van der Waals surface area contributed by atoms with Gasteiger partial charge in [-0.1, -0.05) is 0 Å². The number of nitro groups is 1. The number of non-ortho nitro benzene ring substituents is 1. The average molecular weight is 224 g/mol. The molecule has 16 heavy (non-hydrogen) atoms. The number of nitrogens with two attached hydrogens (primary N) is 1. The van der Waals surface area contributed by atoms with E-state index in [0.717, 1.165) is 0 Å². The number of aliphatic hydroxyl groups is 1. The van der Waals surface area contributed by atoms with Gasteiger partial charge in [0.2, 0.25) is 0 Å². The van der Waals surface area contributed by atoms with E-state index in [2.05, 4.69) is 0 Å². The number of hydrogen-bond donors (Lipinski definition) is 2. The number of hydrogen-bond acceptors (Lipinski definition) is 5. The maximum absolute atomic E-state index is 10.8. The summed E-state index contributed by atoms with van der Waals surface area (Å²) in [7, 11) is 0. The van der Waals surface area contributed by atoms with Crippen molar-refractivity contribution in [3.63, 3.8) is 0 Å². The molecule has 0 heterocycles. The molecule has 0 saturated carbocycles. The van der Waals surface area contributed by atoms with Gasteiger partial charge in [0.15, 0.2) is 0 Å². The summed E-state index contributed by atoms with van der Waals surface area (Å²) in [5.74, 6) is -0.210. The van der Waals surface area contributed by atoms with Gasteiger partial charge in [0.25, 0.3) is 5.69 Å². The molecule has 0 aromatic heterocycles. The number of carbonyl (C=O) groups excluding carboxylic acids is 1. The number of rotatable bonds is 4. The lowest BCUT2D eigenvalue weighted by Crippen LogP contribution is -2.07. The van der Waals surface area contributed by atoms with E-state index < -0.39 is 11.0 Å². The number of aliphatic hydroxyl groups excluding tert-OH is 1. The van der Waals surface area contributed by atoms with E-state index in [0.29, 0.717) is 0 Å². The zero-order chi connectivity index (χ0) is 12.3. The minimum Gasteiger partial charge on any atom is -0.398 e. The molecular weight excluding hydrogens is 212 g/mol. The normalized spacial score (nSPS) is 12.1. The van der Waals surface area contributed by atoms with Crippen LogP contribution in [0.4, 0.5) is 11.4 Å². The van der Waals surface area contributed by atoms with Crippen molar-refractivity contribution in [2.45, 2.75) is 19.4 Å². The molecule has 0 amide bonds. The first-order valence-electron chi connectivity index (χ1n) is 4.63. The third-order valence-electron chi connectivity index (χ3n) is 2.12. The summed E-state index contributed by atoms with van der Waals surface area (Å²) < 4.78 is 0. The Balaban J connectivity index is 3.06. The SMILES string of the molecule is CC(=O)CC(O)c1cc([N+](=O)[O-])ccc1N. The van der Waals surface area contributed by atoms with Crippen LogP contribution in [0.15, 0.2) is 18.2 Å². The predicted octanol–water partition coefficient (Wildman–Crippen LogP) is 1.19. The number of anilines is 1. The molecule has 1 aromatic carbocycles. The van der Waals surface area contributed by atoms with Crippen LogP contribution in [0.1, 0.15) is 25.0 Å². The second-order valence-corrected chi connectivity index (χ2v) is 3.49. The van der Waals surface area contributed by atoms with E-state index in [4.69, 9.17) is 5.73 Å². The van der Waals surface area contributed by atoms with Gasteiger partial charge < -0.3 is 10.8 Å². The maximum Gasteiger partial charge on any atom is 0.269 e. The molecule has 0 spiro atoms. The van der Waals surface area contributed by atoms with Crippen LogP contribution in [0.5, 0.6) is 0 Å².